The Kier molecular flexibility index (Phi) is 5.84. The summed E-state index contributed by atoms with van der Waals surface area (Å²) in [4.78, 5) is 12.2. The normalized spacial score (nSPS) is 19.6. The standard InChI is InChI=1S/C19H29BO5/c1-8-23-17(21)12-15(14-9-10-16(22-7)13(2)11-14)20-24-18(3,4)19(5,6)25-20/h9-11,15H,8,12H2,1-7H3. The minimum atomic E-state index is -0.512. The first-order chi connectivity index (χ1) is 11.6. The van der Waals surface area contributed by atoms with Gasteiger partial charge in [0.25, 0.3) is 0 Å². The molecule has 6 heteroatoms. The second-order valence-electron chi connectivity index (χ2n) is 7.47. The summed E-state index contributed by atoms with van der Waals surface area (Å²) in [6.07, 6.45) is 0.205. The molecule has 1 atom stereocenters. The number of methoxy groups -OCH3 is 1. The molecule has 1 aromatic rings. The number of aryl methyl sites for hydroxylation is 1. The van der Waals surface area contributed by atoms with Crippen LogP contribution in [-0.4, -0.2) is 38.0 Å². The molecule has 0 bridgehead atoms. The van der Waals surface area contributed by atoms with E-state index >= 15 is 0 Å². The average molecular weight is 348 g/mol. The molecule has 1 unspecified atom stereocenters. The number of carbonyl (C=O) groups excluding carboxylic acids is 1. The predicted molar refractivity (Wildman–Crippen MR) is 97.8 cm³/mol. The van der Waals surface area contributed by atoms with E-state index in [0.29, 0.717) is 6.61 Å². The van der Waals surface area contributed by atoms with Crippen LogP contribution in [0.5, 0.6) is 5.75 Å². The van der Waals surface area contributed by atoms with E-state index in [-0.39, 0.29) is 18.2 Å². The number of benzene rings is 1. The summed E-state index contributed by atoms with van der Waals surface area (Å²) in [6, 6.07) is 5.89. The van der Waals surface area contributed by atoms with Gasteiger partial charge in [0.05, 0.1) is 31.3 Å². The minimum Gasteiger partial charge on any atom is -0.496 e. The highest BCUT2D eigenvalue weighted by molar-refractivity contribution is 6.48. The van der Waals surface area contributed by atoms with Gasteiger partial charge in [0, 0.05) is 5.82 Å². The number of ether oxygens (including phenoxy) is 2. The largest absolute Gasteiger partial charge is 0.496 e. The van der Waals surface area contributed by atoms with Crippen molar-refractivity contribution in [2.24, 2.45) is 0 Å². The Hall–Kier alpha value is -1.53. The van der Waals surface area contributed by atoms with E-state index in [1.807, 2.05) is 52.8 Å². The summed E-state index contributed by atoms with van der Waals surface area (Å²) < 4.78 is 22.9. The van der Waals surface area contributed by atoms with Gasteiger partial charge in [0.2, 0.25) is 0 Å². The molecule has 1 aliphatic heterocycles. The van der Waals surface area contributed by atoms with Gasteiger partial charge in [-0.3, -0.25) is 4.79 Å². The second-order valence-corrected chi connectivity index (χ2v) is 7.47. The van der Waals surface area contributed by atoms with Crippen molar-refractivity contribution in [1.82, 2.24) is 0 Å². The number of esters is 1. The van der Waals surface area contributed by atoms with E-state index in [1.165, 1.54) is 0 Å². The second kappa shape index (κ2) is 7.38. The van der Waals surface area contributed by atoms with Crippen LogP contribution in [0.3, 0.4) is 0 Å². The zero-order valence-electron chi connectivity index (χ0n) is 16.3. The van der Waals surface area contributed by atoms with Crippen molar-refractivity contribution >= 4 is 13.1 Å². The third-order valence-corrected chi connectivity index (χ3v) is 5.14. The molecule has 0 amide bonds. The summed E-state index contributed by atoms with van der Waals surface area (Å²) in [5, 5.41) is 0. The molecule has 2 rings (SSSR count). The van der Waals surface area contributed by atoms with Crippen molar-refractivity contribution in [2.45, 2.75) is 65.0 Å². The lowest BCUT2D eigenvalue weighted by atomic mass is 9.66. The van der Waals surface area contributed by atoms with Crippen LogP contribution in [0.2, 0.25) is 0 Å². The monoisotopic (exact) mass is 348 g/mol. The van der Waals surface area contributed by atoms with Crippen LogP contribution in [0.25, 0.3) is 0 Å². The van der Waals surface area contributed by atoms with Gasteiger partial charge in [-0.2, -0.15) is 0 Å². The van der Waals surface area contributed by atoms with Crippen molar-refractivity contribution in [3.05, 3.63) is 29.3 Å². The molecule has 25 heavy (non-hydrogen) atoms. The first-order valence-electron chi connectivity index (χ1n) is 8.77. The Labute approximate surface area is 151 Å². The molecule has 0 aliphatic carbocycles. The third kappa shape index (κ3) is 4.18. The number of hydrogen-bond donors (Lipinski definition) is 0. The fraction of sp³-hybridized carbons (Fsp3) is 0.632. The van der Waals surface area contributed by atoms with E-state index in [1.54, 1.807) is 14.0 Å². The summed E-state index contributed by atoms with van der Waals surface area (Å²) in [6.45, 7) is 12.2. The maximum absolute atomic E-state index is 12.2. The topological polar surface area (TPSA) is 54.0 Å². The molecule has 0 saturated carbocycles. The SMILES string of the molecule is CCOC(=O)CC(B1OC(C)(C)C(C)(C)O1)c1ccc(OC)c(C)c1. The summed E-state index contributed by atoms with van der Waals surface area (Å²) in [5.74, 6) is 0.313. The van der Waals surface area contributed by atoms with E-state index in [4.69, 9.17) is 18.8 Å². The highest BCUT2D eigenvalue weighted by Crippen LogP contribution is 2.42. The molecule has 1 aromatic carbocycles. The van der Waals surface area contributed by atoms with Crippen LogP contribution in [0.4, 0.5) is 0 Å². The Morgan fingerprint density at radius 2 is 1.80 bits per heavy atom. The molecule has 138 valence electrons. The molecule has 1 heterocycles. The highest BCUT2D eigenvalue weighted by Gasteiger charge is 2.54. The first kappa shape index (κ1) is 19.8. The maximum Gasteiger partial charge on any atom is 0.466 e. The maximum atomic E-state index is 12.2. The first-order valence-corrected chi connectivity index (χ1v) is 8.77. The van der Waals surface area contributed by atoms with Gasteiger partial charge in [-0.25, -0.2) is 0 Å². The molecule has 1 fully saturated rings. The van der Waals surface area contributed by atoms with Crippen molar-refractivity contribution in [3.63, 3.8) is 0 Å². The third-order valence-electron chi connectivity index (χ3n) is 5.14. The fourth-order valence-electron chi connectivity index (χ4n) is 2.96. The van der Waals surface area contributed by atoms with Crippen LogP contribution in [0.1, 0.15) is 58.0 Å². The van der Waals surface area contributed by atoms with Crippen molar-refractivity contribution < 1.29 is 23.6 Å². The Balaban J connectivity index is 2.34. The highest BCUT2D eigenvalue weighted by atomic mass is 16.7. The lowest BCUT2D eigenvalue weighted by molar-refractivity contribution is -0.143. The van der Waals surface area contributed by atoms with Gasteiger partial charge in [0.15, 0.2) is 0 Å². The summed E-state index contributed by atoms with van der Waals surface area (Å²) >= 11 is 0. The molecule has 1 saturated heterocycles. The van der Waals surface area contributed by atoms with Crippen molar-refractivity contribution in [1.29, 1.82) is 0 Å². The average Bonchev–Trinajstić information content (AvgIpc) is 2.73. The Morgan fingerprint density at radius 3 is 2.28 bits per heavy atom. The zero-order chi connectivity index (χ0) is 18.8. The van der Waals surface area contributed by atoms with Gasteiger partial charge in [-0.15, -0.1) is 0 Å². The van der Waals surface area contributed by atoms with Gasteiger partial charge in [0.1, 0.15) is 5.75 Å². The van der Waals surface area contributed by atoms with Crippen molar-refractivity contribution in [3.8, 4) is 5.75 Å². The molecule has 0 radical (unpaired) electrons. The number of carbonyl (C=O) groups is 1. The summed E-state index contributed by atoms with van der Waals surface area (Å²) in [5.41, 5.74) is 1.08. The fourth-order valence-corrected chi connectivity index (χ4v) is 2.96. The molecule has 5 nitrogen and oxygen atoms in total. The zero-order valence-corrected chi connectivity index (χ0v) is 16.3. The minimum absolute atomic E-state index is 0.205. The lowest BCUT2D eigenvalue weighted by Gasteiger charge is -2.32. The molecule has 0 aromatic heterocycles. The van der Waals surface area contributed by atoms with E-state index in [9.17, 15) is 4.79 Å². The van der Waals surface area contributed by atoms with Crippen LogP contribution in [0.15, 0.2) is 18.2 Å². The van der Waals surface area contributed by atoms with Crippen LogP contribution in [0, 0.1) is 6.92 Å². The number of rotatable bonds is 6. The molecular formula is C19H29BO5. The Morgan fingerprint density at radius 1 is 1.20 bits per heavy atom. The van der Waals surface area contributed by atoms with Gasteiger partial charge >= 0.3 is 13.1 Å². The van der Waals surface area contributed by atoms with Gasteiger partial charge in [-0.05, 0) is 58.7 Å². The molecule has 0 spiro atoms. The predicted octanol–water partition coefficient (Wildman–Crippen LogP) is 3.67. The molecule has 0 N–H and O–H groups in total. The van der Waals surface area contributed by atoms with E-state index in [0.717, 1.165) is 16.9 Å². The van der Waals surface area contributed by atoms with E-state index in [2.05, 4.69) is 0 Å². The van der Waals surface area contributed by atoms with Gasteiger partial charge < -0.3 is 18.8 Å². The Bertz CT molecular complexity index is 610. The quantitative estimate of drug-likeness (QED) is 0.580. The van der Waals surface area contributed by atoms with Crippen LogP contribution >= 0.6 is 0 Å². The van der Waals surface area contributed by atoms with Gasteiger partial charge in [-0.1, -0.05) is 12.1 Å². The lowest BCUT2D eigenvalue weighted by Crippen LogP contribution is -2.41. The smallest absolute Gasteiger partial charge is 0.466 e. The molecule has 1 aliphatic rings. The van der Waals surface area contributed by atoms with Crippen LogP contribution < -0.4 is 4.74 Å². The van der Waals surface area contributed by atoms with Crippen LogP contribution in [-0.2, 0) is 18.8 Å². The number of hydrogen-bond acceptors (Lipinski definition) is 5. The van der Waals surface area contributed by atoms with Crippen molar-refractivity contribution in [2.75, 3.05) is 13.7 Å². The summed E-state index contributed by atoms with van der Waals surface area (Å²) in [7, 11) is 1.13. The molecular weight excluding hydrogens is 319 g/mol. The van der Waals surface area contributed by atoms with E-state index < -0.39 is 18.3 Å².